The number of carbonyl (C=O) groups is 1. The van der Waals surface area contributed by atoms with E-state index in [0.717, 1.165) is 5.57 Å². The van der Waals surface area contributed by atoms with Crippen LogP contribution in [0.15, 0.2) is 11.1 Å². The summed E-state index contributed by atoms with van der Waals surface area (Å²) in [6, 6.07) is 0. The first kappa shape index (κ1) is 20.5. The molecule has 28 heavy (non-hydrogen) atoms. The Morgan fingerprint density at radius 3 is 2.25 bits per heavy atom. The van der Waals surface area contributed by atoms with Crippen molar-refractivity contribution in [3.05, 3.63) is 11.1 Å². The largest absolute Gasteiger partial charge is 0.389 e. The maximum Gasteiger partial charge on any atom is 0.172 e. The minimum absolute atomic E-state index is 0.0588. The van der Waals surface area contributed by atoms with Gasteiger partial charge < -0.3 is 20.1 Å². The molecule has 5 heteroatoms. The van der Waals surface area contributed by atoms with Crippen LogP contribution in [0.5, 0.6) is 0 Å². The molecular weight excluding hydrogens is 356 g/mol. The topological polar surface area (TPSA) is 87.0 Å². The van der Waals surface area contributed by atoms with E-state index < -0.39 is 34.1 Å². The van der Waals surface area contributed by atoms with E-state index >= 15 is 0 Å². The van der Waals surface area contributed by atoms with E-state index in [1.165, 1.54) is 0 Å². The van der Waals surface area contributed by atoms with E-state index in [9.17, 15) is 20.1 Å². The highest BCUT2D eigenvalue weighted by atomic mass is 16.6. The molecule has 1 saturated heterocycles. The molecule has 0 aromatic rings. The van der Waals surface area contributed by atoms with Crippen LogP contribution in [0.3, 0.4) is 0 Å². The molecule has 4 aliphatic rings. The molecule has 1 aliphatic heterocycles. The highest BCUT2D eigenvalue weighted by Gasteiger charge is 2.73. The van der Waals surface area contributed by atoms with Crippen molar-refractivity contribution in [3.8, 4) is 0 Å². The summed E-state index contributed by atoms with van der Waals surface area (Å²) in [7, 11) is 0. The predicted octanol–water partition coefficient (Wildman–Crippen LogP) is 2.47. The molecule has 9 atom stereocenters. The normalized spacial score (nSPS) is 55.6. The minimum atomic E-state index is -1.26. The number of ketones is 1. The average molecular weight is 393 g/mol. The van der Waals surface area contributed by atoms with E-state index in [0.29, 0.717) is 18.4 Å². The van der Waals surface area contributed by atoms with Gasteiger partial charge in [-0.15, -0.1) is 0 Å². The maximum atomic E-state index is 13.9. The molecule has 0 spiro atoms. The fourth-order valence-corrected chi connectivity index (χ4v) is 7.55. The summed E-state index contributed by atoms with van der Waals surface area (Å²) < 4.78 is 5.70. The van der Waals surface area contributed by atoms with Crippen molar-refractivity contribution < 1.29 is 24.9 Å². The highest BCUT2D eigenvalue weighted by molar-refractivity contribution is 5.92. The lowest BCUT2D eigenvalue weighted by atomic mass is 9.41. The number of aliphatic hydroxyl groups is 3. The second-order valence-electron chi connectivity index (χ2n) is 11.0. The molecule has 4 rings (SSSR count). The molecule has 5 nitrogen and oxygen atoms in total. The van der Waals surface area contributed by atoms with Crippen molar-refractivity contribution in [2.45, 2.75) is 84.7 Å². The third-order valence-electron chi connectivity index (χ3n) is 9.69. The summed E-state index contributed by atoms with van der Waals surface area (Å²) >= 11 is 0. The number of rotatable bonds is 0. The third kappa shape index (κ3) is 2.04. The molecule has 6 unspecified atom stereocenters. The lowest BCUT2D eigenvalue weighted by Crippen LogP contribution is -2.77. The molecule has 0 aromatic heterocycles. The Kier molecular flexibility index (Phi) is 4.17. The quantitative estimate of drug-likeness (QED) is 0.551. The standard InChI is InChI=1S/C23H36O5/c1-11-9-23(27)14(4)18-21(7,12(2)8-15-22(18,26)10-28-15)19(25)17(24)16(13(11)3)20(23,5)6/h11-12,14-15,17-18,24,26-27H,8-10H2,1-7H3/t11-,12-,14?,15?,17?,18?,21+,22?,23?/m0/s1. The van der Waals surface area contributed by atoms with E-state index in [4.69, 9.17) is 4.74 Å². The van der Waals surface area contributed by atoms with Gasteiger partial charge >= 0.3 is 0 Å². The maximum absolute atomic E-state index is 13.9. The summed E-state index contributed by atoms with van der Waals surface area (Å²) in [6.07, 6.45) is -0.421. The van der Waals surface area contributed by atoms with Gasteiger partial charge in [0.25, 0.3) is 0 Å². The lowest BCUT2D eigenvalue weighted by Gasteiger charge is -2.68. The zero-order chi connectivity index (χ0) is 21.0. The number of ether oxygens (including phenoxy) is 1. The summed E-state index contributed by atoms with van der Waals surface area (Å²) in [4.78, 5) is 13.9. The van der Waals surface area contributed by atoms with Crippen molar-refractivity contribution >= 4 is 5.78 Å². The Bertz CT molecular complexity index is 756. The smallest absolute Gasteiger partial charge is 0.172 e. The molecule has 3 N–H and O–H groups in total. The van der Waals surface area contributed by atoms with Crippen molar-refractivity contribution in [2.75, 3.05) is 6.61 Å². The van der Waals surface area contributed by atoms with Crippen molar-refractivity contribution in [1.29, 1.82) is 0 Å². The van der Waals surface area contributed by atoms with Crippen molar-refractivity contribution in [2.24, 2.45) is 34.5 Å². The van der Waals surface area contributed by atoms with Gasteiger partial charge in [0.1, 0.15) is 11.7 Å². The Morgan fingerprint density at radius 2 is 1.71 bits per heavy atom. The van der Waals surface area contributed by atoms with Crippen LogP contribution >= 0.6 is 0 Å². The molecule has 0 aromatic carbocycles. The van der Waals surface area contributed by atoms with Crippen molar-refractivity contribution in [3.63, 3.8) is 0 Å². The SMILES string of the molecule is CC1=C2C(O)C(=O)[C@@]3(C)C(C(C)C(O)(C[C@@H]1C)C2(C)C)C1(O)COC1C[C@@H]3C. The van der Waals surface area contributed by atoms with Gasteiger partial charge in [0.15, 0.2) is 5.78 Å². The van der Waals surface area contributed by atoms with Crippen LogP contribution in [0.2, 0.25) is 0 Å². The van der Waals surface area contributed by atoms with Gasteiger partial charge in [-0.1, -0.05) is 47.1 Å². The molecule has 2 saturated carbocycles. The zero-order valence-corrected chi connectivity index (χ0v) is 18.2. The van der Waals surface area contributed by atoms with Crippen molar-refractivity contribution in [1.82, 2.24) is 0 Å². The van der Waals surface area contributed by atoms with Crippen LogP contribution < -0.4 is 0 Å². The summed E-state index contributed by atoms with van der Waals surface area (Å²) in [5.41, 5.74) is -2.28. The average Bonchev–Trinajstić information content (AvgIpc) is 2.60. The molecular formula is C23H36O5. The Hall–Kier alpha value is -0.750. The van der Waals surface area contributed by atoms with Crippen LogP contribution in [0.25, 0.3) is 0 Å². The molecule has 3 fully saturated rings. The van der Waals surface area contributed by atoms with Gasteiger partial charge in [-0.05, 0) is 43.1 Å². The molecule has 3 aliphatic carbocycles. The van der Waals surface area contributed by atoms with Crippen LogP contribution in [0, 0.1) is 34.5 Å². The number of aliphatic hydroxyl groups excluding tert-OH is 1. The van der Waals surface area contributed by atoms with E-state index in [-0.39, 0.29) is 36.2 Å². The first-order chi connectivity index (χ1) is 12.7. The first-order valence-electron chi connectivity index (χ1n) is 10.7. The fraction of sp³-hybridized carbons (Fsp3) is 0.870. The monoisotopic (exact) mass is 392 g/mol. The number of allylic oxidation sites excluding steroid dienone is 1. The highest BCUT2D eigenvalue weighted by Crippen LogP contribution is 2.65. The summed E-state index contributed by atoms with van der Waals surface area (Å²) in [5, 5.41) is 35.1. The number of carbonyl (C=O) groups excluding carboxylic acids is 1. The minimum Gasteiger partial charge on any atom is -0.389 e. The third-order valence-corrected chi connectivity index (χ3v) is 9.69. The van der Waals surface area contributed by atoms with Gasteiger partial charge in [0.2, 0.25) is 0 Å². The molecule has 158 valence electrons. The Balaban J connectivity index is 2.01. The Labute approximate surface area is 168 Å². The lowest BCUT2D eigenvalue weighted by molar-refractivity contribution is -0.329. The molecule has 1 heterocycles. The van der Waals surface area contributed by atoms with Gasteiger partial charge in [-0.25, -0.2) is 0 Å². The fourth-order valence-electron chi connectivity index (χ4n) is 7.55. The number of hydrogen-bond acceptors (Lipinski definition) is 5. The van der Waals surface area contributed by atoms with Gasteiger partial charge in [-0.2, -0.15) is 0 Å². The van der Waals surface area contributed by atoms with E-state index in [1.54, 1.807) is 0 Å². The zero-order valence-electron chi connectivity index (χ0n) is 18.2. The number of fused-ring (bicyclic) bond motifs is 5. The predicted molar refractivity (Wildman–Crippen MR) is 105 cm³/mol. The number of Topliss-reactive ketones (excluding diaryl/α,β-unsaturated/α-hetero) is 1. The molecule has 2 bridgehead atoms. The van der Waals surface area contributed by atoms with Crippen LogP contribution in [-0.2, 0) is 9.53 Å². The van der Waals surface area contributed by atoms with E-state index in [2.05, 4.69) is 0 Å². The van der Waals surface area contributed by atoms with Gasteiger partial charge in [0, 0.05) is 16.7 Å². The molecule has 0 radical (unpaired) electrons. The first-order valence-corrected chi connectivity index (χ1v) is 10.7. The van der Waals surface area contributed by atoms with E-state index in [1.807, 2.05) is 48.5 Å². The summed E-state index contributed by atoms with van der Waals surface area (Å²) in [6.45, 7) is 14.0. The summed E-state index contributed by atoms with van der Waals surface area (Å²) in [5.74, 6) is -1.01. The van der Waals surface area contributed by atoms with Gasteiger partial charge in [-0.3, -0.25) is 4.79 Å². The van der Waals surface area contributed by atoms with Gasteiger partial charge in [0.05, 0.1) is 18.3 Å². The van der Waals surface area contributed by atoms with Crippen LogP contribution in [-0.4, -0.2) is 51.1 Å². The second kappa shape index (κ2) is 5.69. The van der Waals surface area contributed by atoms with Crippen LogP contribution in [0.1, 0.15) is 61.3 Å². The number of hydrogen-bond donors (Lipinski definition) is 3. The molecule has 0 amide bonds. The Morgan fingerprint density at radius 1 is 1.11 bits per heavy atom. The van der Waals surface area contributed by atoms with Crippen LogP contribution in [0.4, 0.5) is 0 Å². The second-order valence-corrected chi connectivity index (χ2v) is 11.0.